The minimum absolute atomic E-state index is 0.447. The Morgan fingerprint density at radius 3 is 2.25 bits per heavy atom. The number of rotatable bonds is 2. The summed E-state index contributed by atoms with van der Waals surface area (Å²) in [5.74, 6) is 0.603. The fraction of sp³-hybridized carbons (Fsp3) is 0.273. The molecule has 0 spiro atoms. The van der Waals surface area contributed by atoms with Gasteiger partial charge in [0.05, 0.1) is 0 Å². The predicted octanol–water partition coefficient (Wildman–Crippen LogP) is 4.38. The van der Waals surface area contributed by atoms with E-state index in [0.29, 0.717) is 16.1 Å². The molecular weight excluding hydrogens is 263 g/mol. The van der Waals surface area contributed by atoms with Gasteiger partial charge in [0.25, 0.3) is 0 Å². The van der Waals surface area contributed by atoms with E-state index < -0.39 is 0 Å². The molecule has 5 heteroatoms. The van der Waals surface area contributed by atoms with Crippen molar-refractivity contribution >= 4 is 34.5 Å². The summed E-state index contributed by atoms with van der Waals surface area (Å²) in [5.41, 5.74) is 2.94. The highest BCUT2D eigenvalue weighted by Gasteiger charge is 2.12. The minimum atomic E-state index is 0.447. The summed E-state index contributed by atoms with van der Waals surface area (Å²) in [5, 5.41) is 4.95. The SMILES string of the molecule is CCc1c(Cl)nc(-c2cscc2C)nc1Cl. The maximum atomic E-state index is 6.07. The Hall–Kier alpha value is -0.640. The zero-order chi connectivity index (χ0) is 11.7. The van der Waals surface area contributed by atoms with Crippen molar-refractivity contribution < 1.29 is 0 Å². The van der Waals surface area contributed by atoms with Crippen molar-refractivity contribution in [1.82, 2.24) is 9.97 Å². The van der Waals surface area contributed by atoms with Crippen molar-refractivity contribution in [1.29, 1.82) is 0 Å². The average molecular weight is 273 g/mol. The third kappa shape index (κ3) is 2.08. The van der Waals surface area contributed by atoms with E-state index in [2.05, 4.69) is 9.97 Å². The van der Waals surface area contributed by atoms with Crippen molar-refractivity contribution in [3.8, 4) is 11.4 Å². The van der Waals surface area contributed by atoms with Crippen LogP contribution < -0.4 is 0 Å². The Bertz CT molecular complexity index is 499. The van der Waals surface area contributed by atoms with Crippen molar-refractivity contribution in [3.63, 3.8) is 0 Å². The van der Waals surface area contributed by atoms with Gasteiger partial charge in [0.15, 0.2) is 5.82 Å². The van der Waals surface area contributed by atoms with Crippen LogP contribution in [-0.2, 0) is 6.42 Å². The van der Waals surface area contributed by atoms with Gasteiger partial charge in [0.2, 0.25) is 0 Å². The number of aryl methyl sites for hydroxylation is 1. The van der Waals surface area contributed by atoms with E-state index in [1.807, 2.05) is 24.6 Å². The normalized spacial score (nSPS) is 10.8. The van der Waals surface area contributed by atoms with Crippen molar-refractivity contribution in [2.75, 3.05) is 0 Å². The lowest BCUT2D eigenvalue weighted by atomic mass is 10.2. The second kappa shape index (κ2) is 4.70. The third-order valence-electron chi connectivity index (χ3n) is 2.36. The first-order valence-corrected chi connectivity index (χ1v) is 6.58. The van der Waals surface area contributed by atoms with Gasteiger partial charge in [-0.05, 0) is 24.3 Å². The van der Waals surface area contributed by atoms with Gasteiger partial charge < -0.3 is 0 Å². The van der Waals surface area contributed by atoms with Crippen LogP contribution in [0.1, 0.15) is 18.1 Å². The van der Waals surface area contributed by atoms with Gasteiger partial charge in [-0.3, -0.25) is 0 Å². The summed E-state index contributed by atoms with van der Waals surface area (Å²) in [6.07, 6.45) is 0.737. The first kappa shape index (κ1) is 11.8. The molecule has 0 aliphatic carbocycles. The minimum Gasteiger partial charge on any atom is -0.216 e. The fourth-order valence-corrected chi connectivity index (χ4v) is 2.91. The Morgan fingerprint density at radius 1 is 1.19 bits per heavy atom. The molecule has 0 aromatic carbocycles. The fourth-order valence-electron chi connectivity index (χ4n) is 1.43. The van der Waals surface area contributed by atoms with Crippen LogP contribution >= 0.6 is 34.5 Å². The average Bonchev–Trinajstić information content (AvgIpc) is 2.64. The lowest BCUT2D eigenvalue weighted by Crippen LogP contribution is -1.96. The Kier molecular flexibility index (Phi) is 3.47. The second-order valence-electron chi connectivity index (χ2n) is 3.43. The molecule has 2 nitrogen and oxygen atoms in total. The number of hydrogen-bond acceptors (Lipinski definition) is 3. The molecule has 0 saturated heterocycles. The highest BCUT2D eigenvalue weighted by atomic mass is 35.5. The number of thiophene rings is 1. The van der Waals surface area contributed by atoms with E-state index in [0.717, 1.165) is 23.1 Å². The second-order valence-corrected chi connectivity index (χ2v) is 4.89. The summed E-state index contributed by atoms with van der Waals surface area (Å²) in [7, 11) is 0. The molecule has 2 rings (SSSR count). The Morgan fingerprint density at radius 2 is 1.81 bits per heavy atom. The molecule has 0 bridgehead atoms. The van der Waals surface area contributed by atoms with Gasteiger partial charge in [-0.25, -0.2) is 9.97 Å². The largest absolute Gasteiger partial charge is 0.216 e. The summed E-state index contributed by atoms with van der Waals surface area (Å²) in [6.45, 7) is 4.00. The van der Waals surface area contributed by atoms with Crippen LogP contribution in [0.25, 0.3) is 11.4 Å². The van der Waals surface area contributed by atoms with Gasteiger partial charge in [-0.2, -0.15) is 11.3 Å². The van der Waals surface area contributed by atoms with Gasteiger partial charge in [0.1, 0.15) is 10.3 Å². The molecule has 0 aliphatic rings. The molecular formula is C11H10Cl2N2S. The molecule has 16 heavy (non-hydrogen) atoms. The van der Waals surface area contributed by atoms with E-state index in [9.17, 15) is 0 Å². The van der Waals surface area contributed by atoms with Crippen molar-refractivity contribution in [2.45, 2.75) is 20.3 Å². The van der Waals surface area contributed by atoms with Gasteiger partial charge in [-0.1, -0.05) is 30.1 Å². The van der Waals surface area contributed by atoms with Gasteiger partial charge >= 0.3 is 0 Å². The smallest absolute Gasteiger partial charge is 0.163 e. The number of hydrogen-bond donors (Lipinski definition) is 0. The number of nitrogens with zero attached hydrogens (tertiary/aromatic N) is 2. The lowest BCUT2D eigenvalue weighted by molar-refractivity contribution is 1.05. The van der Waals surface area contributed by atoms with Crippen LogP contribution in [0.5, 0.6) is 0 Å². The number of aromatic nitrogens is 2. The quantitative estimate of drug-likeness (QED) is 0.759. The first-order chi connectivity index (χ1) is 7.63. The molecule has 0 unspecified atom stereocenters. The molecule has 0 N–H and O–H groups in total. The van der Waals surface area contributed by atoms with Crippen LogP contribution in [0.3, 0.4) is 0 Å². The summed E-state index contributed by atoms with van der Waals surface area (Å²) in [6, 6.07) is 0. The summed E-state index contributed by atoms with van der Waals surface area (Å²) >= 11 is 13.8. The van der Waals surface area contributed by atoms with Crippen LogP contribution in [0, 0.1) is 6.92 Å². The Balaban J connectivity index is 2.57. The summed E-state index contributed by atoms with van der Waals surface area (Å²) < 4.78 is 0. The molecule has 0 atom stereocenters. The molecule has 0 aliphatic heterocycles. The molecule has 2 aromatic heterocycles. The highest BCUT2D eigenvalue weighted by molar-refractivity contribution is 7.08. The van der Waals surface area contributed by atoms with E-state index in [-0.39, 0.29) is 0 Å². The van der Waals surface area contributed by atoms with Crippen LogP contribution in [-0.4, -0.2) is 9.97 Å². The van der Waals surface area contributed by atoms with Crippen LogP contribution in [0.4, 0.5) is 0 Å². The Labute approximate surface area is 108 Å². The monoisotopic (exact) mass is 272 g/mol. The molecule has 0 fully saturated rings. The van der Waals surface area contributed by atoms with Crippen molar-refractivity contribution in [3.05, 3.63) is 32.2 Å². The molecule has 2 aromatic rings. The molecule has 0 saturated carbocycles. The number of halogens is 2. The topological polar surface area (TPSA) is 25.8 Å². The van der Waals surface area contributed by atoms with Gasteiger partial charge in [0, 0.05) is 16.5 Å². The molecule has 84 valence electrons. The predicted molar refractivity (Wildman–Crippen MR) is 69.5 cm³/mol. The first-order valence-electron chi connectivity index (χ1n) is 4.88. The molecule has 2 heterocycles. The molecule has 0 amide bonds. The van der Waals surface area contributed by atoms with E-state index in [1.165, 1.54) is 0 Å². The van der Waals surface area contributed by atoms with E-state index in [1.54, 1.807) is 11.3 Å². The highest BCUT2D eigenvalue weighted by Crippen LogP contribution is 2.29. The van der Waals surface area contributed by atoms with E-state index in [4.69, 9.17) is 23.2 Å². The van der Waals surface area contributed by atoms with Crippen LogP contribution in [0.15, 0.2) is 10.8 Å². The zero-order valence-corrected chi connectivity index (χ0v) is 11.2. The zero-order valence-electron chi connectivity index (χ0n) is 8.92. The van der Waals surface area contributed by atoms with Crippen LogP contribution in [0.2, 0.25) is 10.3 Å². The van der Waals surface area contributed by atoms with E-state index >= 15 is 0 Å². The maximum Gasteiger partial charge on any atom is 0.163 e. The third-order valence-corrected chi connectivity index (χ3v) is 3.84. The summed E-state index contributed by atoms with van der Waals surface area (Å²) in [4.78, 5) is 8.57. The maximum absolute atomic E-state index is 6.07. The lowest BCUT2D eigenvalue weighted by Gasteiger charge is -2.05. The standard InChI is InChI=1S/C11H10Cl2N2S/c1-3-7-9(12)14-11(15-10(7)13)8-5-16-4-6(8)2/h4-5H,3H2,1-2H3. The van der Waals surface area contributed by atoms with Gasteiger partial charge in [-0.15, -0.1) is 0 Å². The van der Waals surface area contributed by atoms with Crippen molar-refractivity contribution in [2.24, 2.45) is 0 Å². The molecule has 0 radical (unpaired) electrons.